The first kappa shape index (κ1) is 15.0. The fraction of sp³-hybridized carbons (Fsp3) is 0.308. The molecule has 5 nitrogen and oxygen atoms in total. The van der Waals surface area contributed by atoms with Gasteiger partial charge in [0.25, 0.3) is 0 Å². The van der Waals surface area contributed by atoms with Gasteiger partial charge >= 0.3 is 0 Å². The van der Waals surface area contributed by atoms with Gasteiger partial charge in [0, 0.05) is 0 Å². The zero-order valence-corrected chi connectivity index (χ0v) is 11.8. The molecule has 1 rings (SSSR count). The van der Waals surface area contributed by atoms with Crippen LogP contribution in [0.1, 0.15) is 26.3 Å². The Balaban J connectivity index is 3.00. The fourth-order valence-corrected chi connectivity index (χ4v) is 1.56. The largest absolute Gasteiger partial charge is 0.382 e. The summed E-state index contributed by atoms with van der Waals surface area (Å²) < 4.78 is 0. The number of nitriles is 1. The van der Waals surface area contributed by atoms with E-state index in [0.29, 0.717) is 10.7 Å². The minimum atomic E-state index is -0.391. The number of amidine groups is 1. The maximum Gasteiger partial charge on any atom is 0.201 e. The smallest absolute Gasteiger partial charge is 0.201 e. The van der Waals surface area contributed by atoms with Gasteiger partial charge in [-0.1, -0.05) is 38.4 Å². The van der Waals surface area contributed by atoms with E-state index in [1.165, 1.54) is 0 Å². The zero-order chi connectivity index (χ0) is 14.6. The Morgan fingerprint density at radius 1 is 1.47 bits per heavy atom. The molecule has 0 aliphatic heterocycles. The SMILES string of the molecule is CC(C)(C)c1ccc(N/N=C(\C#N)C(=N)N)c(Cl)c1. The summed E-state index contributed by atoms with van der Waals surface area (Å²) in [5.41, 5.74) is 9.30. The van der Waals surface area contributed by atoms with Crippen molar-refractivity contribution in [2.24, 2.45) is 10.8 Å². The predicted octanol–water partition coefficient (Wildman–Crippen LogP) is 2.86. The average molecular weight is 278 g/mol. The van der Waals surface area contributed by atoms with Gasteiger partial charge in [-0.2, -0.15) is 10.4 Å². The van der Waals surface area contributed by atoms with E-state index in [2.05, 4.69) is 31.3 Å². The Morgan fingerprint density at radius 3 is 2.53 bits per heavy atom. The standard InChI is InChI=1S/C13H16ClN5/c1-13(2,3)8-4-5-10(9(14)6-8)18-19-11(7-15)12(16)17/h4-6,18H,1-3H3,(H3,16,17)/b19-11+. The van der Waals surface area contributed by atoms with Crippen molar-refractivity contribution in [3.05, 3.63) is 28.8 Å². The summed E-state index contributed by atoms with van der Waals surface area (Å²) in [4.78, 5) is 0. The highest BCUT2D eigenvalue weighted by Crippen LogP contribution is 2.29. The fourth-order valence-electron chi connectivity index (χ4n) is 1.33. The molecule has 0 aliphatic carbocycles. The summed E-state index contributed by atoms with van der Waals surface area (Å²) in [5, 5.41) is 20.1. The molecule has 0 saturated heterocycles. The first-order valence-electron chi connectivity index (χ1n) is 5.64. The molecule has 0 unspecified atom stereocenters. The molecule has 0 amide bonds. The molecule has 100 valence electrons. The minimum Gasteiger partial charge on any atom is -0.382 e. The second kappa shape index (κ2) is 5.72. The molecule has 1 aromatic carbocycles. The third kappa shape index (κ3) is 3.97. The third-order valence-electron chi connectivity index (χ3n) is 2.48. The molecule has 0 heterocycles. The molecule has 0 radical (unpaired) electrons. The quantitative estimate of drug-likeness (QED) is 0.450. The number of hydrogen-bond donors (Lipinski definition) is 3. The number of halogens is 1. The zero-order valence-electron chi connectivity index (χ0n) is 11.1. The number of nitrogens with two attached hydrogens (primary N) is 1. The summed E-state index contributed by atoms with van der Waals surface area (Å²) in [7, 11) is 0. The molecule has 0 aliphatic rings. The van der Waals surface area contributed by atoms with Gasteiger partial charge in [0.15, 0.2) is 5.84 Å². The Morgan fingerprint density at radius 2 is 2.11 bits per heavy atom. The molecule has 0 spiro atoms. The number of nitrogens with one attached hydrogen (secondary N) is 2. The third-order valence-corrected chi connectivity index (χ3v) is 2.80. The molecule has 6 heteroatoms. The van der Waals surface area contributed by atoms with Crippen LogP contribution in [0.2, 0.25) is 5.02 Å². The lowest BCUT2D eigenvalue weighted by molar-refractivity contribution is 0.590. The van der Waals surface area contributed by atoms with Crippen molar-refractivity contribution in [2.75, 3.05) is 5.43 Å². The van der Waals surface area contributed by atoms with Crippen LogP contribution >= 0.6 is 11.6 Å². The van der Waals surface area contributed by atoms with E-state index in [4.69, 9.17) is 28.0 Å². The molecule has 0 atom stereocenters. The van der Waals surface area contributed by atoms with Crippen molar-refractivity contribution in [3.8, 4) is 6.07 Å². The number of nitrogens with zero attached hydrogens (tertiary/aromatic N) is 2. The monoisotopic (exact) mass is 277 g/mol. The highest BCUT2D eigenvalue weighted by molar-refractivity contribution is 6.45. The summed E-state index contributed by atoms with van der Waals surface area (Å²) in [6.07, 6.45) is 0. The Labute approximate surface area is 117 Å². The normalized spacial score (nSPS) is 11.8. The Bertz CT molecular complexity index is 563. The van der Waals surface area contributed by atoms with Gasteiger partial charge in [-0.15, -0.1) is 0 Å². The van der Waals surface area contributed by atoms with Crippen LogP contribution in [0.5, 0.6) is 0 Å². The maximum absolute atomic E-state index is 8.72. The lowest BCUT2D eigenvalue weighted by atomic mass is 9.87. The average Bonchev–Trinajstić information content (AvgIpc) is 2.29. The van der Waals surface area contributed by atoms with Crippen LogP contribution in [0, 0.1) is 16.7 Å². The summed E-state index contributed by atoms with van der Waals surface area (Å²) in [6, 6.07) is 7.28. The van der Waals surface area contributed by atoms with Gasteiger partial charge in [0.2, 0.25) is 5.71 Å². The van der Waals surface area contributed by atoms with E-state index in [1.807, 2.05) is 12.1 Å². The van der Waals surface area contributed by atoms with E-state index in [0.717, 1.165) is 5.56 Å². The molecule has 0 fully saturated rings. The van der Waals surface area contributed by atoms with E-state index >= 15 is 0 Å². The number of anilines is 1. The first-order valence-corrected chi connectivity index (χ1v) is 6.01. The van der Waals surface area contributed by atoms with Gasteiger partial charge in [-0.25, -0.2) is 0 Å². The van der Waals surface area contributed by atoms with E-state index < -0.39 is 5.84 Å². The minimum absolute atomic E-state index is 0.00262. The van der Waals surface area contributed by atoms with Crippen LogP contribution in [0.15, 0.2) is 23.3 Å². The lowest BCUT2D eigenvalue weighted by Gasteiger charge is -2.19. The van der Waals surface area contributed by atoms with E-state index in [-0.39, 0.29) is 11.1 Å². The number of hydrogen-bond acceptors (Lipinski definition) is 4. The predicted molar refractivity (Wildman–Crippen MR) is 78.7 cm³/mol. The van der Waals surface area contributed by atoms with Gasteiger partial charge in [-0.05, 0) is 23.1 Å². The molecule has 0 saturated carbocycles. The summed E-state index contributed by atoms with van der Waals surface area (Å²) >= 11 is 6.14. The van der Waals surface area contributed by atoms with Crippen molar-refractivity contribution in [1.29, 1.82) is 10.7 Å². The highest BCUT2D eigenvalue weighted by Gasteiger charge is 2.15. The second-order valence-electron chi connectivity index (χ2n) is 5.04. The van der Waals surface area contributed by atoms with Crippen LogP contribution in [-0.2, 0) is 5.41 Å². The van der Waals surface area contributed by atoms with Crippen molar-refractivity contribution in [2.45, 2.75) is 26.2 Å². The molecule has 1 aromatic rings. The van der Waals surface area contributed by atoms with Crippen molar-refractivity contribution in [1.82, 2.24) is 0 Å². The van der Waals surface area contributed by atoms with Gasteiger partial charge in [0.1, 0.15) is 6.07 Å². The van der Waals surface area contributed by atoms with Crippen LogP contribution < -0.4 is 11.2 Å². The van der Waals surface area contributed by atoms with Crippen LogP contribution in [0.3, 0.4) is 0 Å². The van der Waals surface area contributed by atoms with Crippen LogP contribution in [0.4, 0.5) is 5.69 Å². The summed E-state index contributed by atoms with van der Waals surface area (Å²) in [6.45, 7) is 6.27. The van der Waals surface area contributed by atoms with Gasteiger partial charge < -0.3 is 5.73 Å². The number of rotatable bonds is 3. The topological polar surface area (TPSA) is 98.0 Å². The maximum atomic E-state index is 8.72. The summed E-state index contributed by atoms with van der Waals surface area (Å²) in [5.74, 6) is -0.391. The molecular weight excluding hydrogens is 262 g/mol. The molecule has 19 heavy (non-hydrogen) atoms. The lowest BCUT2D eigenvalue weighted by Crippen LogP contribution is -2.21. The molecule has 0 bridgehead atoms. The van der Waals surface area contributed by atoms with Crippen molar-refractivity contribution >= 4 is 28.8 Å². The van der Waals surface area contributed by atoms with Crippen LogP contribution in [0.25, 0.3) is 0 Å². The second-order valence-corrected chi connectivity index (χ2v) is 5.45. The van der Waals surface area contributed by atoms with Gasteiger partial charge in [-0.3, -0.25) is 10.8 Å². The number of benzene rings is 1. The molecular formula is C13H16ClN5. The van der Waals surface area contributed by atoms with Crippen molar-refractivity contribution < 1.29 is 0 Å². The van der Waals surface area contributed by atoms with E-state index in [9.17, 15) is 0 Å². The van der Waals surface area contributed by atoms with Gasteiger partial charge in [0.05, 0.1) is 10.7 Å². The molecule has 4 N–H and O–H groups in total. The van der Waals surface area contributed by atoms with Crippen molar-refractivity contribution in [3.63, 3.8) is 0 Å². The van der Waals surface area contributed by atoms with E-state index in [1.54, 1.807) is 12.1 Å². The van der Waals surface area contributed by atoms with Crippen LogP contribution in [-0.4, -0.2) is 11.5 Å². The number of hydrazone groups is 1. The highest BCUT2D eigenvalue weighted by atomic mass is 35.5. The molecule has 0 aromatic heterocycles. The Kier molecular flexibility index (Phi) is 4.52. The first-order chi connectivity index (χ1) is 8.75. The Hall–Kier alpha value is -2.06.